The van der Waals surface area contributed by atoms with E-state index in [0.717, 1.165) is 0 Å². The van der Waals surface area contributed by atoms with Gasteiger partial charge in [-0.1, -0.05) is 33.6 Å². The molecule has 0 radical (unpaired) electrons. The Labute approximate surface area is 110 Å². The summed E-state index contributed by atoms with van der Waals surface area (Å²) in [6.45, 7) is 13.6. The molecule has 0 atom stereocenters. The Morgan fingerprint density at radius 3 is 1.71 bits per heavy atom. The van der Waals surface area contributed by atoms with Crippen molar-refractivity contribution in [2.75, 3.05) is 13.2 Å². The van der Waals surface area contributed by atoms with Gasteiger partial charge in [-0.3, -0.25) is 0 Å². The van der Waals surface area contributed by atoms with Gasteiger partial charge in [0.25, 0.3) is 0 Å². The second-order valence-electron chi connectivity index (χ2n) is 5.42. The van der Waals surface area contributed by atoms with E-state index in [0.29, 0.717) is 13.2 Å². The number of hydrogen-bond acceptors (Lipinski definition) is 2. The fourth-order valence-corrected chi connectivity index (χ4v) is 2.63. The van der Waals surface area contributed by atoms with Crippen LogP contribution in [0.1, 0.15) is 41.5 Å². The minimum atomic E-state index is -0.480. The van der Waals surface area contributed by atoms with Gasteiger partial charge in [-0.2, -0.15) is 0 Å². The SMILES string of the molecule is CCOC(C#CC1(Cl)C(C)(C)C1(C)C)OCC. The summed E-state index contributed by atoms with van der Waals surface area (Å²) in [6.07, 6.45) is -0.465. The molecule has 0 unspecified atom stereocenters. The van der Waals surface area contributed by atoms with E-state index in [1.165, 1.54) is 0 Å². The Balaban J connectivity index is 2.78. The molecular weight excluding hydrogens is 236 g/mol. The largest absolute Gasteiger partial charge is 0.342 e. The van der Waals surface area contributed by atoms with E-state index in [-0.39, 0.29) is 10.8 Å². The molecule has 1 aliphatic carbocycles. The lowest BCUT2D eigenvalue weighted by atomic mass is 10.0. The van der Waals surface area contributed by atoms with E-state index >= 15 is 0 Å². The average Bonchev–Trinajstić information content (AvgIpc) is 2.54. The van der Waals surface area contributed by atoms with Crippen LogP contribution >= 0.6 is 11.6 Å². The van der Waals surface area contributed by atoms with Crippen LogP contribution in [0.3, 0.4) is 0 Å². The van der Waals surface area contributed by atoms with E-state index < -0.39 is 11.2 Å². The number of rotatable bonds is 4. The fourth-order valence-electron chi connectivity index (χ4n) is 2.15. The zero-order chi connectivity index (χ0) is 13.3. The standard InChI is InChI=1S/C14H23ClO2/c1-7-16-11(17-8-2)9-10-14(15)12(3,4)13(14,5)6/h11H,7-8H2,1-6H3. The van der Waals surface area contributed by atoms with E-state index in [1.807, 2.05) is 13.8 Å². The molecule has 98 valence electrons. The molecule has 0 aliphatic heterocycles. The maximum atomic E-state index is 6.59. The van der Waals surface area contributed by atoms with Crippen LogP contribution in [0.15, 0.2) is 0 Å². The second kappa shape index (κ2) is 4.80. The second-order valence-corrected chi connectivity index (χ2v) is 5.99. The monoisotopic (exact) mass is 258 g/mol. The molecule has 0 aromatic carbocycles. The lowest BCUT2D eigenvalue weighted by Gasteiger charge is -2.11. The van der Waals surface area contributed by atoms with Crippen LogP contribution in [0, 0.1) is 22.7 Å². The Bertz CT molecular complexity index is 316. The molecule has 1 fully saturated rings. The molecule has 0 N–H and O–H groups in total. The average molecular weight is 259 g/mol. The summed E-state index contributed by atoms with van der Waals surface area (Å²) in [7, 11) is 0. The smallest absolute Gasteiger partial charge is 0.222 e. The third kappa shape index (κ3) is 2.21. The summed E-state index contributed by atoms with van der Waals surface area (Å²) in [5.41, 5.74) is 0.0229. The molecule has 1 saturated carbocycles. The van der Waals surface area contributed by atoms with Gasteiger partial charge < -0.3 is 9.47 Å². The highest BCUT2D eigenvalue weighted by atomic mass is 35.5. The van der Waals surface area contributed by atoms with E-state index in [9.17, 15) is 0 Å². The molecular formula is C14H23ClO2. The van der Waals surface area contributed by atoms with Crippen molar-refractivity contribution in [2.45, 2.75) is 52.7 Å². The van der Waals surface area contributed by atoms with Crippen molar-refractivity contribution in [1.29, 1.82) is 0 Å². The first-order valence-electron chi connectivity index (χ1n) is 6.19. The van der Waals surface area contributed by atoms with Crippen LogP contribution in [-0.2, 0) is 9.47 Å². The van der Waals surface area contributed by atoms with Crippen molar-refractivity contribution in [2.24, 2.45) is 10.8 Å². The van der Waals surface area contributed by atoms with Gasteiger partial charge in [-0.15, -0.1) is 11.6 Å². The van der Waals surface area contributed by atoms with Crippen LogP contribution in [0.2, 0.25) is 0 Å². The lowest BCUT2D eigenvalue weighted by Crippen LogP contribution is -2.16. The third-order valence-electron chi connectivity index (χ3n) is 4.22. The van der Waals surface area contributed by atoms with E-state index in [1.54, 1.807) is 0 Å². The maximum Gasteiger partial charge on any atom is 0.222 e. The highest BCUT2D eigenvalue weighted by molar-refractivity contribution is 6.30. The molecule has 1 aliphatic rings. The van der Waals surface area contributed by atoms with Crippen molar-refractivity contribution in [3.05, 3.63) is 0 Å². The molecule has 0 aromatic rings. The lowest BCUT2D eigenvalue weighted by molar-refractivity contribution is -0.0970. The minimum absolute atomic E-state index is 0.0114. The van der Waals surface area contributed by atoms with Crippen LogP contribution in [0.5, 0.6) is 0 Å². The molecule has 2 nitrogen and oxygen atoms in total. The Morgan fingerprint density at radius 2 is 1.41 bits per heavy atom. The third-order valence-corrected chi connectivity index (χ3v) is 5.26. The normalized spacial score (nSPS) is 23.1. The van der Waals surface area contributed by atoms with Crippen molar-refractivity contribution in [1.82, 2.24) is 0 Å². The van der Waals surface area contributed by atoms with Crippen LogP contribution in [0.4, 0.5) is 0 Å². The maximum absolute atomic E-state index is 6.59. The molecule has 0 bridgehead atoms. The highest BCUT2D eigenvalue weighted by Gasteiger charge is 2.76. The Hall–Kier alpha value is -0.230. The predicted octanol–water partition coefficient (Wildman–Crippen LogP) is 3.43. The molecule has 17 heavy (non-hydrogen) atoms. The quantitative estimate of drug-likeness (QED) is 0.437. The molecule has 0 amide bonds. The van der Waals surface area contributed by atoms with Crippen LogP contribution in [-0.4, -0.2) is 24.4 Å². The summed E-state index contributed by atoms with van der Waals surface area (Å²) in [4.78, 5) is -0.480. The van der Waals surface area contributed by atoms with Crippen molar-refractivity contribution >= 4 is 11.6 Å². The number of hydrogen-bond donors (Lipinski definition) is 0. The van der Waals surface area contributed by atoms with Crippen LogP contribution in [0.25, 0.3) is 0 Å². The summed E-state index contributed by atoms with van der Waals surface area (Å²) in [5, 5.41) is 0. The molecule has 3 heteroatoms. The van der Waals surface area contributed by atoms with Crippen LogP contribution < -0.4 is 0 Å². The Kier molecular flexibility index (Phi) is 4.19. The van der Waals surface area contributed by atoms with Gasteiger partial charge in [0, 0.05) is 24.0 Å². The fraction of sp³-hybridized carbons (Fsp3) is 0.857. The Morgan fingerprint density at radius 1 is 1.00 bits per heavy atom. The number of alkyl halides is 1. The molecule has 1 rings (SSSR count). The van der Waals surface area contributed by atoms with Gasteiger partial charge in [0.2, 0.25) is 6.29 Å². The number of halogens is 1. The van der Waals surface area contributed by atoms with E-state index in [2.05, 4.69) is 39.5 Å². The number of ether oxygens (including phenoxy) is 2. The highest BCUT2D eigenvalue weighted by Crippen LogP contribution is 2.74. The summed E-state index contributed by atoms with van der Waals surface area (Å²) < 4.78 is 10.8. The molecule has 0 heterocycles. The zero-order valence-electron chi connectivity index (χ0n) is 11.7. The van der Waals surface area contributed by atoms with Gasteiger partial charge >= 0.3 is 0 Å². The molecule has 0 aromatic heterocycles. The van der Waals surface area contributed by atoms with Gasteiger partial charge in [0.15, 0.2) is 0 Å². The van der Waals surface area contributed by atoms with E-state index in [4.69, 9.17) is 21.1 Å². The zero-order valence-corrected chi connectivity index (χ0v) is 12.4. The first-order valence-corrected chi connectivity index (χ1v) is 6.57. The van der Waals surface area contributed by atoms with Crippen molar-refractivity contribution in [3.63, 3.8) is 0 Å². The summed E-state index contributed by atoms with van der Waals surface area (Å²) in [6, 6.07) is 0. The van der Waals surface area contributed by atoms with Crippen molar-refractivity contribution < 1.29 is 9.47 Å². The first-order chi connectivity index (χ1) is 7.74. The van der Waals surface area contributed by atoms with Gasteiger partial charge in [-0.25, -0.2) is 0 Å². The van der Waals surface area contributed by atoms with Gasteiger partial charge in [0.1, 0.15) is 4.87 Å². The van der Waals surface area contributed by atoms with Crippen molar-refractivity contribution in [3.8, 4) is 11.8 Å². The van der Waals surface area contributed by atoms with Gasteiger partial charge in [0.05, 0.1) is 0 Å². The summed E-state index contributed by atoms with van der Waals surface area (Å²) in [5.74, 6) is 6.16. The van der Waals surface area contributed by atoms with Gasteiger partial charge in [-0.05, 0) is 19.8 Å². The predicted molar refractivity (Wildman–Crippen MR) is 71.0 cm³/mol. The first kappa shape index (κ1) is 14.8. The molecule has 0 saturated heterocycles. The molecule has 0 spiro atoms. The minimum Gasteiger partial charge on any atom is -0.342 e. The summed E-state index contributed by atoms with van der Waals surface area (Å²) >= 11 is 6.59. The topological polar surface area (TPSA) is 18.5 Å².